The van der Waals surface area contributed by atoms with Crippen molar-refractivity contribution in [3.8, 4) is 0 Å². The summed E-state index contributed by atoms with van der Waals surface area (Å²) in [5.74, 6) is -3.00. The van der Waals surface area contributed by atoms with Gasteiger partial charge in [0.15, 0.2) is 0 Å². The van der Waals surface area contributed by atoms with Crippen LogP contribution in [0.2, 0.25) is 0 Å². The number of nitrogens with two attached hydrogens (primary N) is 1. The topological polar surface area (TPSA) is 92.4 Å². The molecule has 0 saturated carbocycles. The molecule has 2 rings (SSSR count). The zero-order chi connectivity index (χ0) is 15.4. The van der Waals surface area contributed by atoms with Gasteiger partial charge in [-0.25, -0.2) is 9.18 Å². The fourth-order valence-electron chi connectivity index (χ4n) is 1.87. The number of halogens is 1. The first-order chi connectivity index (χ1) is 10.0. The zero-order valence-electron chi connectivity index (χ0n) is 10.9. The minimum atomic E-state index is -1.46. The number of amides is 1. The van der Waals surface area contributed by atoms with Crippen LogP contribution in [-0.4, -0.2) is 17.0 Å². The van der Waals surface area contributed by atoms with Crippen LogP contribution in [0.15, 0.2) is 48.5 Å². The number of carboxylic acids is 1. The number of carboxylic acid groups (broad SMARTS) is 1. The van der Waals surface area contributed by atoms with Crippen LogP contribution in [0.1, 0.15) is 22.0 Å². The highest BCUT2D eigenvalue weighted by Crippen LogP contribution is 2.20. The maximum atomic E-state index is 13.5. The van der Waals surface area contributed by atoms with Gasteiger partial charge >= 0.3 is 5.97 Å². The normalized spacial score (nSPS) is 11.7. The fraction of sp³-hybridized carbons (Fsp3) is 0.0667. The third-order valence-corrected chi connectivity index (χ3v) is 2.93. The van der Waals surface area contributed by atoms with E-state index in [2.05, 4.69) is 5.32 Å². The van der Waals surface area contributed by atoms with Gasteiger partial charge in [0.25, 0.3) is 0 Å². The first-order valence-corrected chi connectivity index (χ1v) is 6.14. The number of rotatable bonds is 4. The second-order valence-electron chi connectivity index (χ2n) is 4.35. The SMILES string of the molecule is N[C@@H](C(=O)Nc1cccc(F)c1C(=O)O)c1ccccc1. The van der Waals surface area contributed by atoms with Crippen LogP contribution < -0.4 is 11.1 Å². The summed E-state index contributed by atoms with van der Waals surface area (Å²) in [6.07, 6.45) is 0. The molecule has 5 nitrogen and oxygen atoms in total. The summed E-state index contributed by atoms with van der Waals surface area (Å²) >= 11 is 0. The van der Waals surface area contributed by atoms with Crippen molar-refractivity contribution in [3.05, 3.63) is 65.5 Å². The molecule has 4 N–H and O–H groups in total. The van der Waals surface area contributed by atoms with E-state index in [1.165, 1.54) is 12.1 Å². The van der Waals surface area contributed by atoms with Gasteiger partial charge in [-0.3, -0.25) is 4.79 Å². The lowest BCUT2D eigenvalue weighted by molar-refractivity contribution is -0.117. The van der Waals surface area contributed by atoms with Crippen molar-refractivity contribution >= 4 is 17.6 Å². The van der Waals surface area contributed by atoms with Crippen molar-refractivity contribution in [2.24, 2.45) is 5.73 Å². The molecule has 0 aliphatic rings. The van der Waals surface area contributed by atoms with Crippen LogP contribution in [0, 0.1) is 5.82 Å². The molecule has 0 unspecified atom stereocenters. The van der Waals surface area contributed by atoms with Crippen LogP contribution in [0.25, 0.3) is 0 Å². The number of benzene rings is 2. The lowest BCUT2D eigenvalue weighted by atomic mass is 10.1. The van der Waals surface area contributed by atoms with Crippen LogP contribution in [0.5, 0.6) is 0 Å². The highest BCUT2D eigenvalue weighted by atomic mass is 19.1. The minimum absolute atomic E-state index is 0.126. The molecule has 0 bridgehead atoms. The standard InChI is InChI=1S/C15H13FN2O3/c16-10-7-4-8-11(12(10)15(20)21)18-14(19)13(17)9-5-2-1-3-6-9/h1-8,13H,17H2,(H,18,19)(H,20,21)/t13-/m1/s1. The van der Waals surface area contributed by atoms with Crippen molar-refractivity contribution in [2.45, 2.75) is 6.04 Å². The summed E-state index contributed by atoms with van der Waals surface area (Å²) in [5.41, 5.74) is 5.65. The number of aromatic carboxylic acids is 1. The molecule has 21 heavy (non-hydrogen) atoms. The minimum Gasteiger partial charge on any atom is -0.478 e. The number of hydrogen-bond acceptors (Lipinski definition) is 3. The molecular formula is C15H13FN2O3. The Bertz CT molecular complexity index is 674. The Morgan fingerprint density at radius 3 is 2.38 bits per heavy atom. The van der Waals surface area contributed by atoms with Gasteiger partial charge in [-0.1, -0.05) is 36.4 Å². The van der Waals surface area contributed by atoms with E-state index in [1.807, 2.05) is 0 Å². The molecule has 0 saturated heterocycles. The van der Waals surface area contributed by atoms with Gasteiger partial charge in [0.2, 0.25) is 5.91 Å². The zero-order valence-corrected chi connectivity index (χ0v) is 10.9. The predicted octanol–water partition coefficient (Wildman–Crippen LogP) is 2.16. The molecule has 0 radical (unpaired) electrons. The molecule has 108 valence electrons. The summed E-state index contributed by atoms with van der Waals surface area (Å²) in [6, 6.07) is 11.2. The monoisotopic (exact) mass is 288 g/mol. The molecule has 0 aliphatic carbocycles. The molecule has 0 fully saturated rings. The summed E-state index contributed by atoms with van der Waals surface area (Å²) in [5, 5.41) is 11.3. The second kappa shape index (κ2) is 6.15. The molecule has 2 aromatic rings. The van der Waals surface area contributed by atoms with E-state index in [4.69, 9.17) is 10.8 Å². The Morgan fingerprint density at radius 1 is 1.10 bits per heavy atom. The molecule has 2 aromatic carbocycles. The average molecular weight is 288 g/mol. The van der Waals surface area contributed by atoms with Crippen LogP contribution in [-0.2, 0) is 4.79 Å². The molecular weight excluding hydrogens is 275 g/mol. The Kier molecular flexibility index (Phi) is 4.30. The smallest absolute Gasteiger partial charge is 0.340 e. The number of anilines is 1. The first kappa shape index (κ1) is 14.7. The molecule has 1 amide bonds. The van der Waals surface area contributed by atoms with Gasteiger partial charge in [0.05, 0.1) is 5.69 Å². The third kappa shape index (κ3) is 3.24. The molecule has 6 heteroatoms. The maximum Gasteiger partial charge on any atom is 0.340 e. The van der Waals surface area contributed by atoms with E-state index >= 15 is 0 Å². The molecule has 0 aliphatic heterocycles. The van der Waals surface area contributed by atoms with Gasteiger partial charge in [0, 0.05) is 0 Å². The molecule has 0 spiro atoms. The Hall–Kier alpha value is -2.73. The van der Waals surface area contributed by atoms with Gasteiger partial charge in [0.1, 0.15) is 17.4 Å². The van der Waals surface area contributed by atoms with E-state index in [9.17, 15) is 14.0 Å². The lowest BCUT2D eigenvalue weighted by Gasteiger charge is -2.14. The number of hydrogen-bond donors (Lipinski definition) is 3. The Morgan fingerprint density at radius 2 is 1.76 bits per heavy atom. The highest BCUT2D eigenvalue weighted by molar-refractivity contribution is 6.02. The fourth-order valence-corrected chi connectivity index (χ4v) is 1.87. The van der Waals surface area contributed by atoms with Crippen molar-refractivity contribution in [2.75, 3.05) is 5.32 Å². The summed E-state index contributed by atoms with van der Waals surface area (Å²) in [6.45, 7) is 0. The van der Waals surface area contributed by atoms with Gasteiger partial charge in [-0.15, -0.1) is 0 Å². The second-order valence-corrected chi connectivity index (χ2v) is 4.35. The number of carbonyl (C=O) groups excluding carboxylic acids is 1. The van der Waals surface area contributed by atoms with E-state index in [-0.39, 0.29) is 5.69 Å². The molecule has 0 aromatic heterocycles. The van der Waals surface area contributed by atoms with Crippen molar-refractivity contribution in [3.63, 3.8) is 0 Å². The summed E-state index contributed by atoms with van der Waals surface area (Å²) in [4.78, 5) is 23.1. The van der Waals surface area contributed by atoms with E-state index in [1.54, 1.807) is 30.3 Å². The van der Waals surface area contributed by atoms with E-state index in [0.29, 0.717) is 5.56 Å². The van der Waals surface area contributed by atoms with Crippen molar-refractivity contribution in [1.29, 1.82) is 0 Å². The van der Waals surface area contributed by atoms with Crippen LogP contribution in [0.4, 0.5) is 10.1 Å². The average Bonchev–Trinajstić information content (AvgIpc) is 2.47. The van der Waals surface area contributed by atoms with Crippen LogP contribution in [0.3, 0.4) is 0 Å². The summed E-state index contributed by atoms with van der Waals surface area (Å²) < 4.78 is 13.5. The largest absolute Gasteiger partial charge is 0.478 e. The highest BCUT2D eigenvalue weighted by Gasteiger charge is 2.20. The van der Waals surface area contributed by atoms with Crippen molar-refractivity contribution < 1.29 is 19.1 Å². The van der Waals surface area contributed by atoms with Gasteiger partial charge in [-0.05, 0) is 17.7 Å². The van der Waals surface area contributed by atoms with Gasteiger partial charge in [-0.2, -0.15) is 0 Å². The molecule has 1 atom stereocenters. The van der Waals surface area contributed by atoms with Gasteiger partial charge < -0.3 is 16.2 Å². The molecule has 0 heterocycles. The lowest BCUT2D eigenvalue weighted by Crippen LogP contribution is -2.28. The number of carbonyl (C=O) groups is 2. The number of nitrogens with one attached hydrogen (secondary N) is 1. The first-order valence-electron chi connectivity index (χ1n) is 6.14. The Balaban J connectivity index is 2.25. The van der Waals surface area contributed by atoms with E-state index in [0.717, 1.165) is 6.07 Å². The predicted molar refractivity (Wildman–Crippen MR) is 75.4 cm³/mol. The Labute approximate surface area is 120 Å². The maximum absolute atomic E-state index is 13.5. The summed E-state index contributed by atoms with van der Waals surface area (Å²) in [7, 11) is 0. The third-order valence-electron chi connectivity index (χ3n) is 2.93. The van der Waals surface area contributed by atoms with E-state index < -0.39 is 29.3 Å². The van der Waals surface area contributed by atoms with Crippen molar-refractivity contribution in [1.82, 2.24) is 0 Å². The quantitative estimate of drug-likeness (QED) is 0.803. The van der Waals surface area contributed by atoms with Crippen LogP contribution >= 0.6 is 0 Å².